The molecular weight excluding hydrogens is 986 g/mol. The van der Waals surface area contributed by atoms with E-state index in [2.05, 4.69) is 31.9 Å². The quantitative estimate of drug-likeness (QED) is 0.0779. The Bertz CT molecular complexity index is 2660. The lowest BCUT2D eigenvalue weighted by molar-refractivity contribution is -0.176. The van der Waals surface area contributed by atoms with Crippen LogP contribution in [0.4, 0.5) is 26.3 Å². The molecule has 6 aromatic rings. The standard InChI is InChI=1S/2C27H20BrF3O2/c2*1-33-25(32)20(14-18-8-4-2-5-9-18)16-26(27(29,30)31)17-23(19-10-6-3-7-11-19)22-15-21(28)12-13-24(22)26/h2*2-15,17H,16H2,1H3/b2*20-14+/t2*26-/m11/s1. The predicted octanol–water partition coefficient (Wildman–Crippen LogP) is 14.7. The number of alkyl halides is 6. The summed E-state index contributed by atoms with van der Waals surface area (Å²) in [5.41, 5.74) is -0.139. The molecule has 4 nitrogen and oxygen atoms in total. The molecule has 0 fully saturated rings. The lowest BCUT2D eigenvalue weighted by atomic mass is 9.76. The van der Waals surface area contributed by atoms with Crippen molar-refractivity contribution in [3.8, 4) is 0 Å². The molecule has 0 amide bonds. The number of hydrogen-bond acceptors (Lipinski definition) is 4. The van der Waals surface area contributed by atoms with Crippen LogP contribution in [0.1, 0.15) is 57.3 Å². The van der Waals surface area contributed by atoms with E-state index in [4.69, 9.17) is 9.47 Å². The van der Waals surface area contributed by atoms with Gasteiger partial charge in [0, 0.05) is 32.9 Å². The van der Waals surface area contributed by atoms with E-state index in [1.807, 2.05) is 12.1 Å². The predicted molar refractivity (Wildman–Crippen MR) is 253 cm³/mol. The number of carbonyl (C=O) groups excluding carboxylic acids is 2. The fourth-order valence-corrected chi connectivity index (χ4v) is 9.19. The first-order valence-electron chi connectivity index (χ1n) is 20.5. The Morgan fingerprint density at radius 1 is 0.500 bits per heavy atom. The van der Waals surface area contributed by atoms with Gasteiger partial charge < -0.3 is 9.47 Å². The molecule has 2 atom stereocenters. The number of methoxy groups -OCH3 is 2. The number of fused-ring (bicyclic) bond motifs is 2. The molecule has 0 radical (unpaired) electrons. The van der Waals surface area contributed by atoms with E-state index in [1.54, 1.807) is 133 Å². The first-order chi connectivity index (χ1) is 31.5. The van der Waals surface area contributed by atoms with E-state index in [9.17, 15) is 35.9 Å². The highest BCUT2D eigenvalue weighted by Crippen LogP contribution is 2.57. The van der Waals surface area contributed by atoms with Crippen LogP contribution in [0, 0.1) is 0 Å². The molecule has 2 aliphatic carbocycles. The normalized spacial score (nSPS) is 18.0. The van der Waals surface area contributed by atoms with Crippen LogP contribution in [0.25, 0.3) is 23.3 Å². The molecule has 0 aromatic heterocycles. The summed E-state index contributed by atoms with van der Waals surface area (Å²) in [7, 11) is 2.35. The summed E-state index contributed by atoms with van der Waals surface area (Å²) in [4.78, 5) is 25.2. The number of esters is 2. The van der Waals surface area contributed by atoms with Crippen molar-refractivity contribution in [2.75, 3.05) is 14.2 Å². The monoisotopic (exact) mass is 1020 g/mol. The number of hydrogen-bond donors (Lipinski definition) is 0. The van der Waals surface area contributed by atoms with Gasteiger partial charge in [0.2, 0.25) is 0 Å². The van der Waals surface area contributed by atoms with Crippen LogP contribution >= 0.6 is 31.9 Å². The Morgan fingerprint density at radius 2 is 0.818 bits per heavy atom. The molecule has 66 heavy (non-hydrogen) atoms. The van der Waals surface area contributed by atoms with Gasteiger partial charge in [0.1, 0.15) is 10.8 Å². The topological polar surface area (TPSA) is 52.6 Å². The molecule has 12 heteroatoms. The Balaban J connectivity index is 0.000000196. The van der Waals surface area contributed by atoms with Gasteiger partial charge in [-0.05, 0) is 92.1 Å². The highest BCUT2D eigenvalue weighted by molar-refractivity contribution is 9.10. The zero-order chi connectivity index (χ0) is 47.3. The van der Waals surface area contributed by atoms with Crippen molar-refractivity contribution < 1.29 is 45.4 Å². The van der Waals surface area contributed by atoms with E-state index in [-0.39, 0.29) is 22.3 Å². The van der Waals surface area contributed by atoms with Crippen LogP contribution in [0.2, 0.25) is 0 Å². The number of carbonyl (C=O) groups is 2. The van der Waals surface area contributed by atoms with E-state index in [1.165, 1.54) is 50.7 Å². The molecule has 0 heterocycles. The van der Waals surface area contributed by atoms with Gasteiger partial charge in [-0.2, -0.15) is 26.3 Å². The van der Waals surface area contributed by atoms with Crippen LogP contribution < -0.4 is 0 Å². The number of allylic oxidation sites excluding steroid dienone is 2. The van der Waals surface area contributed by atoms with Gasteiger partial charge in [-0.25, -0.2) is 9.59 Å². The second kappa shape index (κ2) is 19.7. The second-order valence-electron chi connectivity index (χ2n) is 15.7. The molecule has 0 saturated heterocycles. The average molecular weight is 1030 g/mol. The summed E-state index contributed by atoms with van der Waals surface area (Å²) in [6, 6.07) is 45.0. The van der Waals surface area contributed by atoms with Gasteiger partial charge in [-0.3, -0.25) is 0 Å². The van der Waals surface area contributed by atoms with Crippen molar-refractivity contribution >= 4 is 67.1 Å². The Hall–Kier alpha value is -6.24. The van der Waals surface area contributed by atoms with Gasteiger partial charge in [-0.15, -0.1) is 0 Å². The van der Waals surface area contributed by atoms with E-state index < -0.39 is 48.0 Å². The van der Waals surface area contributed by atoms with Crippen molar-refractivity contribution in [3.05, 3.63) is 234 Å². The molecule has 0 saturated carbocycles. The Morgan fingerprint density at radius 3 is 1.12 bits per heavy atom. The van der Waals surface area contributed by atoms with E-state index in [0.717, 1.165) is 0 Å². The zero-order valence-corrected chi connectivity index (χ0v) is 38.6. The largest absolute Gasteiger partial charge is 0.466 e. The smallest absolute Gasteiger partial charge is 0.402 e. The third-order valence-corrected chi connectivity index (χ3v) is 12.6. The SMILES string of the molecule is COC(=O)/C(=C/c1ccccc1)C[C@@]1(C(F)(F)F)C=C(c2ccccc2)c2cc(Br)ccc21.COC(=O)/C(=C/c1ccccc1)C[C@@]1(C(F)(F)F)C=C(c2ccccc2)c2cc(Br)ccc21. The lowest BCUT2D eigenvalue weighted by Crippen LogP contribution is -2.40. The number of ether oxygens (including phenoxy) is 2. The maximum atomic E-state index is 14.9. The van der Waals surface area contributed by atoms with Crippen LogP contribution in [-0.2, 0) is 29.9 Å². The summed E-state index contributed by atoms with van der Waals surface area (Å²) in [6.07, 6.45) is -5.04. The summed E-state index contributed by atoms with van der Waals surface area (Å²) < 4.78 is 101. The molecule has 8 rings (SSSR count). The van der Waals surface area contributed by atoms with Gasteiger partial charge in [0.25, 0.3) is 0 Å². The van der Waals surface area contributed by atoms with Gasteiger partial charge >= 0.3 is 24.3 Å². The van der Waals surface area contributed by atoms with E-state index in [0.29, 0.717) is 53.5 Å². The zero-order valence-electron chi connectivity index (χ0n) is 35.4. The minimum absolute atomic E-state index is 0.0551. The van der Waals surface area contributed by atoms with Gasteiger partial charge in [-0.1, -0.05) is 177 Å². The molecule has 6 aromatic carbocycles. The summed E-state index contributed by atoms with van der Waals surface area (Å²) in [5, 5.41) is 0. The minimum atomic E-state index is -4.66. The highest BCUT2D eigenvalue weighted by Gasteiger charge is 2.60. The van der Waals surface area contributed by atoms with Gasteiger partial charge in [0.15, 0.2) is 0 Å². The number of benzene rings is 6. The van der Waals surface area contributed by atoms with Crippen molar-refractivity contribution in [2.45, 2.75) is 36.0 Å². The van der Waals surface area contributed by atoms with Crippen LogP contribution in [0.5, 0.6) is 0 Å². The Labute approximate surface area is 395 Å². The first kappa shape index (κ1) is 47.7. The van der Waals surface area contributed by atoms with E-state index >= 15 is 0 Å². The molecule has 2 aliphatic rings. The molecule has 336 valence electrons. The highest BCUT2D eigenvalue weighted by atomic mass is 79.9. The van der Waals surface area contributed by atoms with Crippen molar-refractivity contribution in [1.82, 2.24) is 0 Å². The molecule has 0 N–H and O–H groups in total. The fourth-order valence-electron chi connectivity index (χ4n) is 8.46. The molecule has 0 unspecified atom stereocenters. The molecular formula is C54H40Br2F6O4. The first-order valence-corrected chi connectivity index (χ1v) is 22.1. The second-order valence-corrected chi connectivity index (χ2v) is 17.5. The van der Waals surface area contributed by atoms with Crippen molar-refractivity contribution in [2.24, 2.45) is 0 Å². The maximum absolute atomic E-state index is 14.9. The third-order valence-electron chi connectivity index (χ3n) is 11.6. The van der Waals surface area contributed by atoms with Crippen molar-refractivity contribution in [1.29, 1.82) is 0 Å². The maximum Gasteiger partial charge on any atom is 0.402 e. The van der Waals surface area contributed by atoms with Gasteiger partial charge in [0.05, 0.1) is 14.2 Å². The lowest BCUT2D eigenvalue weighted by Gasteiger charge is -2.32. The summed E-state index contributed by atoms with van der Waals surface area (Å²) >= 11 is 6.78. The summed E-state index contributed by atoms with van der Waals surface area (Å²) in [5.74, 6) is -1.58. The van der Waals surface area contributed by atoms with Crippen LogP contribution in [-0.4, -0.2) is 38.5 Å². The average Bonchev–Trinajstić information content (AvgIpc) is 3.82. The van der Waals surface area contributed by atoms with Crippen LogP contribution in [0.15, 0.2) is 190 Å². The minimum Gasteiger partial charge on any atom is -0.466 e. The van der Waals surface area contributed by atoms with Crippen molar-refractivity contribution in [3.63, 3.8) is 0 Å². The third kappa shape index (κ3) is 9.81. The fraction of sp³-hybridized carbons (Fsp3) is 0.148. The summed E-state index contributed by atoms with van der Waals surface area (Å²) in [6.45, 7) is 0. The Kier molecular flexibility index (Phi) is 14.2. The molecule has 0 spiro atoms. The molecule has 0 aliphatic heterocycles. The number of rotatable bonds is 10. The molecule has 0 bridgehead atoms. The van der Waals surface area contributed by atoms with Crippen LogP contribution in [0.3, 0.4) is 0 Å². The number of halogens is 8.